The van der Waals surface area contributed by atoms with Gasteiger partial charge >= 0.3 is 12.7 Å². The van der Waals surface area contributed by atoms with Crippen LogP contribution in [0.25, 0.3) is 0 Å². The molecule has 282 valence electrons. The molecule has 9 nitrogen and oxygen atoms in total. The fourth-order valence-corrected chi connectivity index (χ4v) is 6.25. The van der Waals surface area contributed by atoms with Crippen LogP contribution >= 0.6 is 45.9 Å². The van der Waals surface area contributed by atoms with E-state index in [2.05, 4.69) is 20.3 Å². The largest absolute Gasteiger partial charge is 0.486 e. The maximum atomic E-state index is 12.9. The second-order valence-electron chi connectivity index (χ2n) is 10.8. The molecule has 1 N–H and O–H groups in total. The van der Waals surface area contributed by atoms with E-state index in [-0.39, 0.29) is 20.6 Å². The molecule has 4 aromatic heterocycles. The van der Waals surface area contributed by atoms with Gasteiger partial charge in [0.15, 0.2) is 0 Å². The molecule has 4 heterocycles. The summed E-state index contributed by atoms with van der Waals surface area (Å²) in [6.07, 6.45) is -0.748. The molecule has 0 radical (unpaired) electrons. The Balaban J connectivity index is 0.000000233. The van der Waals surface area contributed by atoms with E-state index < -0.39 is 28.9 Å². The zero-order chi connectivity index (χ0) is 37.1. The molecule has 0 bridgehead atoms. The molecule has 18 heteroatoms. The van der Waals surface area contributed by atoms with Crippen molar-refractivity contribution in [2.75, 3.05) is 6.54 Å². The highest BCUT2D eigenvalue weighted by molar-refractivity contribution is 7.09. The summed E-state index contributed by atoms with van der Waals surface area (Å²) < 4.78 is 77.1. The molecule has 6 aromatic rings. The number of benzene rings is 2. The van der Waals surface area contributed by atoms with Crippen LogP contribution in [0.5, 0.6) is 11.5 Å². The maximum absolute atomic E-state index is 12.9. The number of alkyl halides is 5. The van der Waals surface area contributed by atoms with E-state index in [4.69, 9.17) is 32.7 Å². The Bertz CT molecular complexity index is 2070. The Labute approximate surface area is 319 Å². The van der Waals surface area contributed by atoms with Gasteiger partial charge in [0.25, 0.3) is 5.56 Å². The van der Waals surface area contributed by atoms with E-state index in [0.717, 1.165) is 31.8 Å². The van der Waals surface area contributed by atoms with Crippen molar-refractivity contribution in [2.45, 2.75) is 52.9 Å². The number of aromatic nitrogens is 5. The van der Waals surface area contributed by atoms with Crippen molar-refractivity contribution in [1.29, 1.82) is 0 Å². The number of rotatable bonds is 14. The third-order valence-corrected chi connectivity index (χ3v) is 9.24. The molecule has 0 saturated heterocycles. The smallest absolute Gasteiger partial charge is 0.417 e. The zero-order valence-electron chi connectivity index (χ0n) is 26.9. The van der Waals surface area contributed by atoms with Crippen molar-refractivity contribution in [3.8, 4) is 11.5 Å². The molecule has 53 heavy (non-hydrogen) atoms. The average molecular weight is 816 g/mol. The molecule has 0 atom stereocenters. The third-order valence-electron chi connectivity index (χ3n) is 6.97. The summed E-state index contributed by atoms with van der Waals surface area (Å²) in [5.74, 6) is 1.79. The van der Waals surface area contributed by atoms with Gasteiger partial charge in [-0.2, -0.15) is 22.0 Å². The number of nitrogens with zero attached hydrogens (tertiary/aromatic N) is 5. The molecule has 2 aromatic carbocycles. The number of halogens is 7. The molecular formula is C35H33Cl2F5N6O3S2. The highest BCUT2D eigenvalue weighted by Gasteiger charge is 2.32. The standard InChI is InChI=1S/C17H11Cl2F3N2O2S.C17H18F2N4OS.CH4/c18-11-1-3-13(4-2-11)26-8-15-23-12(9-27-15)7-24-6-10(17(20,21)22)5-14(19)16(24)25;18-17(19)23-9-8-21-15(23)6-7-20-10-13-12-25-16(22-13)11-24-14-4-2-1-3-5-14;/h1-6,9H,7-8H2;1-5,8-9,12,17,20H,6-7,10-11H2;1H4. The minimum atomic E-state index is -4.60. The van der Waals surface area contributed by atoms with Gasteiger partial charge in [-0.25, -0.2) is 15.0 Å². The second-order valence-corrected chi connectivity index (χ2v) is 13.5. The lowest BCUT2D eigenvalue weighted by molar-refractivity contribution is -0.138. The fraction of sp³-hybridized carbons (Fsp3) is 0.257. The van der Waals surface area contributed by atoms with Crippen LogP contribution in [0.2, 0.25) is 10.0 Å². The van der Waals surface area contributed by atoms with E-state index in [1.54, 1.807) is 29.6 Å². The van der Waals surface area contributed by atoms with Crippen molar-refractivity contribution >= 4 is 45.9 Å². The van der Waals surface area contributed by atoms with Gasteiger partial charge in [0.05, 0.1) is 23.5 Å². The highest BCUT2D eigenvalue weighted by atomic mass is 35.5. The van der Waals surface area contributed by atoms with Crippen molar-refractivity contribution in [3.63, 3.8) is 0 Å². The van der Waals surface area contributed by atoms with Crippen LogP contribution in [0.15, 0.2) is 94.8 Å². The lowest BCUT2D eigenvalue weighted by atomic mass is 10.2. The lowest BCUT2D eigenvalue weighted by Crippen LogP contribution is -2.23. The van der Waals surface area contributed by atoms with E-state index in [1.165, 1.54) is 35.1 Å². The summed E-state index contributed by atoms with van der Waals surface area (Å²) >= 11 is 14.3. The van der Waals surface area contributed by atoms with Gasteiger partial charge in [0.1, 0.15) is 45.6 Å². The number of hydrogen-bond donors (Lipinski definition) is 1. The first kappa shape index (κ1) is 41.4. The summed E-state index contributed by atoms with van der Waals surface area (Å²) in [6.45, 7) is -0.928. The monoisotopic (exact) mass is 814 g/mol. The van der Waals surface area contributed by atoms with Gasteiger partial charge in [0, 0.05) is 53.9 Å². The van der Waals surface area contributed by atoms with Crippen molar-refractivity contribution in [2.24, 2.45) is 0 Å². The van der Waals surface area contributed by atoms with E-state index in [1.807, 2.05) is 35.7 Å². The Hall–Kier alpha value is -4.35. The van der Waals surface area contributed by atoms with E-state index >= 15 is 0 Å². The topological polar surface area (TPSA) is 96.1 Å². The number of ether oxygens (including phenoxy) is 2. The molecule has 0 amide bonds. The Morgan fingerprint density at radius 2 is 1.51 bits per heavy atom. The first-order valence-electron chi connectivity index (χ1n) is 15.3. The second kappa shape index (κ2) is 19.6. The number of para-hydroxylation sites is 1. The van der Waals surface area contributed by atoms with Crippen LogP contribution in [0.4, 0.5) is 22.0 Å². The molecular weight excluding hydrogens is 782 g/mol. The molecule has 0 fully saturated rings. The summed E-state index contributed by atoms with van der Waals surface area (Å²) in [5, 5.41) is 8.43. The minimum Gasteiger partial charge on any atom is -0.486 e. The SMILES string of the molecule is C.FC(F)n1ccnc1CCNCc1csc(COc2ccccc2)n1.O=c1c(Cl)cc(C(F)(F)F)cn1Cc1csc(COc2ccc(Cl)cc2)n1. The molecule has 0 spiro atoms. The molecule has 0 saturated carbocycles. The maximum Gasteiger partial charge on any atom is 0.417 e. The molecule has 6 rings (SSSR count). The van der Waals surface area contributed by atoms with Crippen molar-refractivity contribution in [1.82, 2.24) is 29.4 Å². The number of hydrogen-bond acceptors (Lipinski definition) is 9. The molecule has 0 aliphatic rings. The quantitative estimate of drug-likeness (QED) is 0.0865. The Morgan fingerprint density at radius 1 is 0.887 bits per heavy atom. The highest BCUT2D eigenvalue weighted by Crippen LogP contribution is 2.30. The van der Waals surface area contributed by atoms with E-state index in [0.29, 0.717) is 59.5 Å². The molecule has 0 aliphatic heterocycles. The van der Waals surface area contributed by atoms with Crippen LogP contribution in [0, 0.1) is 0 Å². The van der Waals surface area contributed by atoms with Gasteiger partial charge in [-0.1, -0.05) is 48.8 Å². The predicted molar refractivity (Wildman–Crippen MR) is 196 cm³/mol. The summed E-state index contributed by atoms with van der Waals surface area (Å²) in [6, 6.07) is 17.0. The summed E-state index contributed by atoms with van der Waals surface area (Å²) in [5.41, 5.74) is -0.355. The molecule has 0 unspecified atom stereocenters. The van der Waals surface area contributed by atoms with Gasteiger partial charge in [0.2, 0.25) is 0 Å². The van der Waals surface area contributed by atoms with Gasteiger partial charge in [-0.15, -0.1) is 22.7 Å². The normalized spacial score (nSPS) is 11.2. The van der Waals surface area contributed by atoms with Gasteiger partial charge in [-0.05, 0) is 42.5 Å². The average Bonchev–Trinajstić information content (AvgIpc) is 3.90. The Morgan fingerprint density at radius 3 is 2.15 bits per heavy atom. The fourth-order valence-electron chi connectivity index (χ4n) is 4.50. The summed E-state index contributed by atoms with van der Waals surface area (Å²) in [7, 11) is 0. The first-order valence-corrected chi connectivity index (χ1v) is 17.9. The number of nitrogens with one attached hydrogen (secondary N) is 1. The number of thiazole rings is 2. The van der Waals surface area contributed by atoms with Crippen molar-refractivity contribution in [3.05, 3.63) is 143 Å². The first-order chi connectivity index (χ1) is 24.9. The summed E-state index contributed by atoms with van der Waals surface area (Å²) in [4.78, 5) is 24.7. The minimum absolute atomic E-state index is 0. The van der Waals surface area contributed by atoms with Crippen molar-refractivity contribution < 1.29 is 31.4 Å². The lowest BCUT2D eigenvalue weighted by Gasteiger charge is -2.11. The van der Waals surface area contributed by atoms with Crippen LogP contribution < -0.4 is 20.3 Å². The molecule has 0 aliphatic carbocycles. The third kappa shape index (κ3) is 12.6. The van der Waals surface area contributed by atoms with Gasteiger partial charge in [-0.3, -0.25) is 9.36 Å². The van der Waals surface area contributed by atoms with Crippen LogP contribution in [0.3, 0.4) is 0 Å². The predicted octanol–water partition coefficient (Wildman–Crippen LogP) is 9.54. The van der Waals surface area contributed by atoms with Crippen LogP contribution in [0.1, 0.15) is 46.8 Å². The van der Waals surface area contributed by atoms with Gasteiger partial charge < -0.3 is 19.4 Å². The Kier molecular flexibility index (Phi) is 15.3. The zero-order valence-corrected chi connectivity index (χ0v) is 30.0. The van der Waals surface area contributed by atoms with Crippen LogP contribution in [-0.2, 0) is 38.9 Å². The van der Waals surface area contributed by atoms with E-state index in [9.17, 15) is 26.7 Å². The number of imidazole rings is 1. The number of pyridine rings is 1. The van der Waals surface area contributed by atoms with Crippen LogP contribution in [-0.4, -0.2) is 30.6 Å².